The first-order chi connectivity index (χ1) is 10.4. The zero-order valence-corrected chi connectivity index (χ0v) is 12.7. The highest BCUT2D eigenvalue weighted by molar-refractivity contribution is 5.85. The molecule has 0 spiro atoms. The van der Waals surface area contributed by atoms with Crippen LogP contribution in [0.25, 0.3) is 16.0 Å². The normalized spacial score (nSPS) is 21.8. The number of anilines is 2. The quantitative estimate of drug-likeness (QED) is 0.362. The molecule has 3 saturated heterocycles. The Labute approximate surface area is 125 Å². The van der Waals surface area contributed by atoms with Crippen LogP contribution in [-0.4, -0.2) is 39.3 Å². The lowest BCUT2D eigenvalue weighted by Gasteiger charge is -2.14. The third kappa shape index (κ3) is 2.86. The molecule has 0 unspecified atom stereocenters. The van der Waals surface area contributed by atoms with Crippen LogP contribution in [-0.2, 0) is 0 Å². The molecule has 0 bridgehead atoms. The van der Waals surface area contributed by atoms with Crippen molar-refractivity contribution in [3.05, 3.63) is 21.3 Å². The van der Waals surface area contributed by atoms with Gasteiger partial charge in [0.1, 0.15) is 24.5 Å². The van der Waals surface area contributed by atoms with Gasteiger partial charge in [0, 0.05) is 39.0 Å². The first-order valence-electron chi connectivity index (χ1n) is 8.22. The van der Waals surface area contributed by atoms with E-state index >= 15 is 0 Å². The van der Waals surface area contributed by atoms with Crippen LogP contribution >= 0.6 is 0 Å². The number of nitrogens with zero attached hydrogens (tertiary/aromatic N) is 6. The summed E-state index contributed by atoms with van der Waals surface area (Å²) in [5, 5.41) is 1.64. The van der Waals surface area contributed by atoms with Gasteiger partial charge in [0.15, 0.2) is 0 Å². The van der Waals surface area contributed by atoms with E-state index in [0.29, 0.717) is 0 Å². The maximum atomic E-state index is 6.75. The molecule has 0 amide bonds. The Morgan fingerprint density at radius 2 is 1.10 bits per heavy atom. The number of hydrogen-bond donors (Lipinski definition) is 0. The lowest BCUT2D eigenvalue weighted by molar-refractivity contribution is 0.704. The maximum absolute atomic E-state index is 6.75. The molecule has 1 aromatic rings. The predicted molar refractivity (Wildman–Crippen MR) is 86.0 cm³/mol. The SMILES string of the molecule is C1CCN(c2c(N3CCCC3)c2=[N+]2CCCC2)C1.[N-]=[N+]=[N-]. The van der Waals surface area contributed by atoms with Gasteiger partial charge in [-0.05, 0) is 25.7 Å². The molecule has 0 aromatic heterocycles. The minimum Gasteiger partial charge on any atom is -0.373 e. The summed E-state index contributed by atoms with van der Waals surface area (Å²) in [6.07, 6.45) is 8.36. The van der Waals surface area contributed by atoms with Crippen molar-refractivity contribution in [2.24, 2.45) is 0 Å². The highest BCUT2D eigenvalue weighted by Gasteiger charge is 2.39. The topological polar surface area (TPSA) is 68.2 Å². The van der Waals surface area contributed by atoms with Crippen molar-refractivity contribution in [2.45, 2.75) is 38.5 Å². The van der Waals surface area contributed by atoms with E-state index in [-0.39, 0.29) is 0 Å². The van der Waals surface area contributed by atoms with E-state index in [9.17, 15) is 0 Å². The smallest absolute Gasteiger partial charge is 0.252 e. The average Bonchev–Trinajstić information content (AvgIpc) is 3.09. The summed E-state index contributed by atoms with van der Waals surface area (Å²) in [5.41, 5.74) is 16.8. The van der Waals surface area contributed by atoms with Gasteiger partial charge in [-0.25, -0.2) is 4.58 Å². The molecule has 4 rings (SSSR count). The molecule has 6 heteroatoms. The Bertz CT molecular complexity index is 496. The molecule has 0 aliphatic carbocycles. The van der Waals surface area contributed by atoms with Crippen molar-refractivity contribution in [3.63, 3.8) is 0 Å². The zero-order valence-electron chi connectivity index (χ0n) is 12.7. The Morgan fingerprint density at radius 3 is 1.48 bits per heavy atom. The Kier molecular flexibility index (Phi) is 4.34. The minimum absolute atomic E-state index is 1.30. The fourth-order valence-electron chi connectivity index (χ4n) is 3.88. The van der Waals surface area contributed by atoms with Crippen molar-refractivity contribution >= 4 is 11.4 Å². The summed E-state index contributed by atoms with van der Waals surface area (Å²) in [7, 11) is 0. The molecule has 6 nitrogen and oxygen atoms in total. The summed E-state index contributed by atoms with van der Waals surface area (Å²) in [6.45, 7) is 7.77. The second-order valence-corrected chi connectivity index (χ2v) is 6.22. The molecule has 3 aliphatic heterocycles. The molecule has 3 heterocycles. The van der Waals surface area contributed by atoms with E-state index in [1.165, 1.54) is 82.7 Å². The van der Waals surface area contributed by atoms with Gasteiger partial charge in [-0.15, -0.1) is 0 Å². The number of rotatable bonds is 2. The van der Waals surface area contributed by atoms with E-state index in [0.717, 1.165) is 0 Å². The summed E-state index contributed by atoms with van der Waals surface area (Å²) in [4.78, 5) is 6.81. The van der Waals surface area contributed by atoms with Crippen LogP contribution in [0.1, 0.15) is 38.5 Å². The van der Waals surface area contributed by atoms with E-state index in [1.807, 2.05) is 0 Å². The summed E-state index contributed by atoms with van der Waals surface area (Å²) >= 11 is 0. The average molecular weight is 288 g/mol. The van der Waals surface area contributed by atoms with Crippen molar-refractivity contribution < 1.29 is 0 Å². The van der Waals surface area contributed by atoms with Crippen LogP contribution in [0.5, 0.6) is 0 Å². The van der Waals surface area contributed by atoms with Gasteiger partial charge < -0.3 is 20.9 Å². The molecular formula is C15H24N6. The van der Waals surface area contributed by atoms with Crippen LogP contribution < -0.4 is 19.7 Å². The minimum atomic E-state index is 1.30. The van der Waals surface area contributed by atoms with Gasteiger partial charge >= 0.3 is 0 Å². The third-order valence-corrected chi connectivity index (χ3v) is 4.88. The van der Waals surface area contributed by atoms with Crippen molar-refractivity contribution in [3.8, 4) is 0 Å². The predicted octanol–water partition coefficient (Wildman–Crippen LogP) is 2.19. The first-order valence-corrected chi connectivity index (χ1v) is 8.22. The van der Waals surface area contributed by atoms with Crippen molar-refractivity contribution in [2.75, 3.05) is 49.1 Å². The molecular weight excluding hydrogens is 264 g/mol. The molecule has 3 aliphatic rings. The highest BCUT2D eigenvalue weighted by Crippen LogP contribution is 2.36. The lowest BCUT2D eigenvalue weighted by Crippen LogP contribution is -2.25. The molecule has 0 atom stereocenters. The van der Waals surface area contributed by atoms with Gasteiger partial charge in [-0.1, -0.05) is 0 Å². The van der Waals surface area contributed by atoms with E-state index in [1.54, 1.807) is 16.7 Å². The van der Waals surface area contributed by atoms with Gasteiger partial charge in [-0.3, -0.25) is 4.91 Å². The fourth-order valence-corrected chi connectivity index (χ4v) is 3.88. The van der Waals surface area contributed by atoms with Crippen LogP contribution in [0, 0.1) is 0 Å². The third-order valence-electron chi connectivity index (χ3n) is 4.88. The van der Waals surface area contributed by atoms with Crippen LogP contribution in [0.2, 0.25) is 0 Å². The van der Waals surface area contributed by atoms with E-state index in [4.69, 9.17) is 11.1 Å². The molecule has 114 valence electrons. The lowest BCUT2D eigenvalue weighted by atomic mass is 10.4. The highest BCUT2D eigenvalue weighted by atomic mass is 15.3. The monoisotopic (exact) mass is 288 g/mol. The maximum Gasteiger partial charge on any atom is 0.252 e. The van der Waals surface area contributed by atoms with Gasteiger partial charge in [0.2, 0.25) is 0 Å². The van der Waals surface area contributed by atoms with Gasteiger partial charge in [0.05, 0.1) is 0 Å². The molecule has 0 saturated carbocycles. The zero-order chi connectivity index (χ0) is 14.7. The van der Waals surface area contributed by atoms with Gasteiger partial charge in [0.25, 0.3) is 5.36 Å². The van der Waals surface area contributed by atoms with Crippen molar-refractivity contribution in [1.82, 2.24) is 4.58 Å². The Morgan fingerprint density at radius 1 is 0.714 bits per heavy atom. The molecule has 0 N–H and O–H groups in total. The second kappa shape index (κ2) is 6.39. The first kappa shape index (κ1) is 14.3. The largest absolute Gasteiger partial charge is 0.373 e. The Hall–Kier alpha value is -1.68. The molecule has 0 radical (unpaired) electrons. The summed E-state index contributed by atoms with van der Waals surface area (Å²) < 4.78 is 2.65. The second-order valence-electron chi connectivity index (χ2n) is 6.22. The van der Waals surface area contributed by atoms with E-state index in [2.05, 4.69) is 14.4 Å². The standard InChI is InChI=1S/C15H24N3.N3/c1-2-8-16(7-1)13-14(17-9-3-4-10-17)15(13)18-11-5-6-12-18;1-3-2/h1-12H2;/q+1;-1. The number of hydrogen-bond acceptors (Lipinski definition) is 2. The molecule has 21 heavy (non-hydrogen) atoms. The Balaban J connectivity index is 0.000000409. The molecule has 3 fully saturated rings. The van der Waals surface area contributed by atoms with Crippen LogP contribution in [0.3, 0.4) is 0 Å². The van der Waals surface area contributed by atoms with Crippen molar-refractivity contribution in [1.29, 1.82) is 0 Å². The van der Waals surface area contributed by atoms with Crippen LogP contribution in [0.15, 0.2) is 0 Å². The van der Waals surface area contributed by atoms with E-state index < -0.39 is 0 Å². The summed E-state index contributed by atoms with van der Waals surface area (Å²) in [6, 6.07) is 0. The summed E-state index contributed by atoms with van der Waals surface area (Å²) in [5.74, 6) is 0. The van der Waals surface area contributed by atoms with Gasteiger partial charge in [-0.2, -0.15) is 0 Å². The fraction of sp³-hybridized carbons (Fsp3) is 0.800. The van der Waals surface area contributed by atoms with Crippen LogP contribution in [0.4, 0.5) is 11.4 Å². The molecule has 1 aromatic carbocycles.